The van der Waals surface area contributed by atoms with Crippen LogP contribution in [0.2, 0.25) is 0 Å². The third-order valence-electron chi connectivity index (χ3n) is 2.70. The van der Waals surface area contributed by atoms with Gasteiger partial charge in [0.25, 0.3) is 0 Å². The van der Waals surface area contributed by atoms with Crippen molar-refractivity contribution < 1.29 is 212 Å². The first-order chi connectivity index (χ1) is 6.46. The quantitative estimate of drug-likeness (QED) is 0.372. The molecule has 6 radical (unpaired) electrons. The Morgan fingerprint density at radius 2 is 1.35 bits per heavy atom. The Bertz CT molecular complexity index is 222. The van der Waals surface area contributed by atoms with Gasteiger partial charge in [-0.15, -0.1) is 0 Å². The van der Waals surface area contributed by atoms with Crippen LogP contribution in [0.25, 0.3) is 0 Å². The van der Waals surface area contributed by atoms with Crippen molar-refractivity contribution in [3.8, 4) is 0 Å². The molecule has 0 spiro atoms. The van der Waals surface area contributed by atoms with Crippen molar-refractivity contribution >= 4 is 0 Å². The van der Waals surface area contributed by atoms with E-state index in [0.29, 0.717) is 18.4 Å². The van der Waals surface area contributed by atoms with Crippen LogP contribution in [0.1, 0.15) is 39.5 Å². The van der Waals surface area contributed by atoms with Gasteiger partial charge in [-0.25, -0.2) is 0 Å². The van der Waals surface area contributed by atoms with E-state index in [1.165, 1.54) is 0 Å². The predicted molar refractivity (Wildman–Crippen MR) is 54.9 cm³/mol. The number of rotatable bonds is 2. The molecule has 0 aromatic rings. The molecule has 0 aromatic heterocycles. The molecule has 3 N–H and O–H groups in total. The van der Waals surface area contributed by atoms with Gasteiger partial charge in [0.15, 0.2) is 0 Å². The molecule has 9 heteroatoms. The topological polar surface area (TPSA) is 60.7 Å². The Labute approximate surface area is 273 Å². The van der Waals surface area contributed by atoms with Crippen LogP contribution in [0.5, 0.6) is 0 Å². The second-order valence-corrected chi connectivity index (χ2v) is 4.43. The molecule has 0 saturated heterocycles. The minimum absolute atomic E-state index is 0. The van der Waals surface area contributed by atoms with Crippen LogP contribution in [0.3, 0.4) is 0 Å². The van der Waals surface area contributed by atoms with Crippen molar-refractivity contribution in [3.63, 3.8) is 0 Å². The zero-order valence-corrected chi connectivity index (χ0v) is 29.4. The second-order valence-electron chi connectivity index (χ2n) is 4.43. The Morgan fingerprint density at radius 3 is 1.65 bits per heavy atom. The SMILES string of the molecule is CCCC=C1[C@H](O)CC(C)(O)C[C@H]1O.[Y].[Y].[Y].[Y].[Y].[Y]. The van der Waals surface area contributed by atoms with Crippen molar-refractivity contribution in [2.24, 2.45) is 0 Å². The van der Waals surface area contributed by atoms with Gasteiger partial charge in [-0.05, 0) is 18.9 Å². The van der Waals surface area contributed by atoms with Gasteiger partial charge in [0.1, 0.15) is 0 Å². The molecule has 0 amide bonds. The minimum Gasteiger partial charge on any atom is -0.390 e. The second kappa shape index (κ2) is 21.5. The molecule has 100 valence electrons. The molecule has 0 bridgehead atoms. The number of aliphatic hydroxyl groups excluding tert-OH is 2. The molecule has 1 fully saturated rings. The largest absolute Gasteiger partial charge is 0.390 e. The van der Waals surface area contributed by atoms with Gasteiger partial charge in [-0.2, -0.15) is 0 Å². The van der Waals surface area contributed by atoms with E-state index >= 15 is 0 Å². The zero-order chi connectivity index (χ0) is 10.8. The molecule has 1 saturated carbocycles. The molecule has 2 atom stereocenters. The summed E-state index contributed by atoms with van der Waals surface area (Å²) < 4.78 is 0. The van der Waals surface area contributed by atoms with Crippen LogP contribution in [-0.4, -0.2) is 33.1 Å². The number of unbranched alkanes of at least 4 members (excludes halogenated alkanes) is 1. The first-order valence-electron chi connectivity index (χ1n) is 5.24. The van der Waals surface area contributed by atoms with E-state index in [0.717, 1.165) is 12.8 Å². The minimum atomic E-state index is -0.942. The fraction of sp³-hybridized carbons (Fsp3) is 0.818. The van der Waals surface area contributed by atoms with Crippen LogP contribution in [0, 0.1) is 0 Å². The fourth-order valence-electron chi connectivity index (χ4n) is 1.96. The third-order valence-corrected chi connectivity index (χ3v) is 2.70. The number of aliphatic hydroxyl groups is 3. The number of allylic oxidation sites excluding steroid dienone is 1. The van der Waals surface area contributed by atoms with E-state index in [-0.39, 0.29) is 196 Å². The molecule has 0 aromatic carbocycles. The van der Waals surface area contributed by atoms with Crippen molar-refractivity contribution in [1.29, 1.82) is 0 Å². The van der Waals surface area contributed by atoms with Gasteiger partial charge in [0.05, 0.1) is 17.8 Å². The summed E-state index contributed by atoms with van der Waals surface area (Å²) in [4.78, 5) is 0. The first kappa shape index (κ1) is 40.8. The predicted octanol–water partition coefficient (Wildman–Crippen LogP) is 0.964. The van der Waals surface area contributed by atoms with E-state index in [2.05, 4.69) is 6.92 Å². The third kappa shape index (κ3) is 16.4. The van der Waals surface area contributed by atoms with Gasteiger partial charge in [0, 0.05) is 209 Å². The van der Waals surface area contributed by atoms with E-state index in [9.17, 15) is 15.3 Å². The van der Waals surface area contributed by atoms with Gasteiger partial charge in [-0.1, -0.05) is 19.4 Å². The van der Waals surface area contributed by atoms with Crippen molar-refractivity contribution in [2.75, 3.05) is 0 Å². The van der Waals surface area contributed by atoms with Crippen molar-refractivity contribution in [2.45, 2.75) is 57.3 Å². The summed E-state index contributed by atoms with van der Waals surface area (Å²) in [6.07, 6.45) is 3.01. The van der Waals surface area contributed by atoms with Crippen molar-refractivity contribution in [3.05, 3.63) is 11.6 Å². The van der Waals surface area contributed by atoms with Crippen LogP contribution in [0.4, 0.5) is 0 Å². The summed E-state index contributed by atoms with van der Waals surface area (Å²) in [6.45, 7) is 3.70. The maximum absolute atomic E-state index is 9.71. The van der Waals surface area contributed by atoms with Gasteiger partial charge >= 0.3 is 0 Å². The summed E-state index contributed by atoms with van der Waals surface area (Å²) >= 11 is 0. The maximum atomic E-state index is 9.71. The average Bonchev–Trinajstić information content (AvgIpc) is 2.00. The summed E-state index contributed by atoms with van der Waals surface area (Å²) in [5.41, 5.74) is -0.263. The van der Waals surface area contributed by atoms with E-state index in [1.54, 1.807) is 6.92 Å². The van der Waals surface area contributed by atoms with Gasteiger partial charge in [0.2, 0.25) is 0 Å². The number of hydrogen-bond donors (Lipinski definition) is 3. The van der Waals surface area contributed by atoms with E-state index < -0.39 is 17.8 Å². The Balaban J connectivity index is -0.0000000817. The summed E-state index contributed by atoms with van der Waals surface area (Å²) in [5, 5.41) is 29.1. The molecule has 0 unspecified atom stereocenters. The molecular formula is C11H20O3Y6. The fourth-order valence-corrected chi connectivity index (χ4v) is 1.96. The van der Waals surface area contributed by atoms with Gasteiger partial charge < -0.3 is 15.3 Å². The normalized spacial score (nSPS) is 26.9. The monoisotopic (exact) mass is 734 g/mol. The molecular weight excluding hydrogens is 714 g/mol. The standard InChI is InChI=1S/C11H20O3.6Y/c1-3-4-5-8-9(12)6-11(2,14)7-10(8)13;;;;;;/h5,9-10,12-14H,3-4,6-7H2,1-2H3;;;;;;/t9-,10-,11?;;;;;;/m1....../s1. The summed E-state index contributed by atoms with van der Waals surface area (Å²) in [7, 11) is 0. The Kier molecular flexibility index (Phi) is 44.0. The molecule has 0 heterocycles. The molecule has 1 rings (SSSR count). The van der Waals surface area contributed by atoms with Crippen molar-refractivity contribution in [1.82, 2.24) is 0 Å². The molecule has 1 aliphatic carbocycles. The summed E-state index contributed by atoms with van der Waals surface area (Å²) in [5.74, 6) is 0. The Hall–Kier alpha value is 6.24. The zero-order valence-electron chi connectivity index (χ0n) is 12.4. The Morgan fingerprint density at radius 1 is 1.00 bits per heavy atom. The summed E-state index contributed by atoms with van der Waals surface area (Å²) in [6, 6.07) is 0. The van der Waals surface area contributed by atoms with E-state index in [4.69, 9.17) is 0 Å². The van der Waals surface area contributed by atoms with Crippen LogP contribution in [0.15, 0.2) is 11.6 Å². The van der Waals surface area contributed by atoms with Gasteiger partial charge in [-0.3, -0.25) is 0 Å². The molecule has 20 heavy (non-hydrogen) atoms. The van der Waals surface area contributed by atoms with Crippen LogP contribution in [-0.2, 0) is 196 Å². The maximum Gasteiger partial charge on any atom is 0.0802 e. The molecule has 1 aliphatic rings. The van der Waals surface area contributed by atoms with Crippen LogP contribution < -0.4 is 0 Å². The smallest absolute Gasteiger partial charge is 0.0802 e. The molecule has 0 aliphatic heterocycles. The molecule has 3 nitrogen and oxygen atoms in total. The first-order valence-corrected chi connectivity index (χ1v) is 5.24. The van der Waals surface area contributed by atoms with Crippen LogP contribution >= 0.6 is 0 Å². The number of hydrogen-bond acceptors (Lipinski definition) is 3. The average molecular weight is 734 g/mol. The van der Waals surface area contributed by atoms with E-state index in [1.807, 2.05) is 6.08 Å².